The molecule has 3 heteroatoms. The lowest BCUT2D eigenvalue weighted by molar-refractivity contribution is -0.136. The summed E-state index contributed by atoms with van der Waals surface area (Å²) >= 11 is 0. The molecule has 0 amide bonds. The molecular formula is C17H19NO2. The highest BCUT2D eigenvalue weighted by atomic mass is 16.5. The predicted octanol–water partition coefficient (Wildman–Crippen LogP) is 3.50. The van der Waals surface area contributed by atoms with Crippen molar-refractivity contribution in [2.24, 2.45) is 10.4 Å². The van der Waals surface area contributed by atoms with E-state index in [1.807, 2.05) is 18.2 Å². The first kappa shape index (κ1) is 13.1. The number of carbonyl (C=O) groups is 1. The molecule has 0 N–H and O–H groups in total. The number of hydrogen-bond donors (Lipinski definition) is 0. The van der Waals surface area contributed by atoms with Gasteiger partial charge in [-0.1, -0.05) is 37.3 Å². The zero-order chi connectivity index (χ0) is 14.2. The maximum absolute atomic E-state index is 11.6. The van der Waals surface area contributed by atoms with Crippen LogP contribution >= 0.6 is 0 Å². The summed E-state index contributed by atoms with van der Waals surface area (Å²) in [5.41, 5.74) is 4.10. The van der Waals surface area contributed by atoms with Gasteiger partial charge < -0.3 is 4.74 Å². The molecule has 0 spiro atoms. The van der Waals surface area contributed by atoms with Gasteiger partial charge in [0.25, 0.3) is 0 Å². The average molecular weight is 269 g/mol. The minimum Gasteiger partial charge on any atom is -0.466 e. The molecule has 1 fully saturated rings. The van der Waals surface area contributed by atoms with E-state index in [1.165, 1.54) is 20.0 Å². The number of benzene rings is 1. The van der Waals surface area contributed by atoms with Crippen LogP contribution in [-0.4, -0.2) is 18.8 Å². The molecule has 0 saturated heterocycles. The molecule has 0 atom stereocenters. The summed E-state index contributed by atoms with van der Waals surface area (Å²) in [6.45, 7) is 2.25. The van der Waals surface area contributed by atoms with Crippen molar-refractivity contribution < 1.29 is 9.53 Å². The summed E-state index contributed by atoms with van der Waals surface area (Å²) in [5, 5.41) is 0. The standard InChI is InChI=1S/C17H19NO2/c1-17(10-11-17)15(12-6-4-3-5-7-12)18-14-9-8-13(14)16(19)20-2/h3-7H,8-11H2,1-2H3. The van der Waals surface area contributed by atoms with E-state index in [0.717, 1.165) is 35.4 Å². The lowest BCUT2D eigenvalue weighted by atomic mass is 9.91. The Morgan fingerprint density at radius 1 is 1.20 bits per heavy atom. The molecule has 3 rings (SSSR count). The van der Waals surface area contributed by atoms with E-state index in [2.05, 4.69) is 19.1 Å². The molecule has 0 unspecified atom stereocenters. The number of rotatable bonds is 4. The van der Waals surface area contributed by atoms with Crippen LogP contribution in [0.25, 0.3) is 0 Å². The smallest absolute Gasteiger partial charge is 0.335 e. The average Bonchev–Trinajstić information content (AvgIpc) is 3.17. The minimum absolute atomic E-state index is 0.172. The van der Waals surface area contributed by atoms with Crippen LogP contribution in [0.2, 0.25) is 0 Å². The van der Waals surface area contributed by atoms with Crippen molar-refractivity contribution in [1.29, 1.82) is 0 Å². The van der Waals surface area contributed by atoms with Gasteiger partial charge in [0.15, 0.2) is 0 Å². The predicted molar refractivity (Wildman–Crippen MR) is 78.6 cm³/mol. The molecule has 20 heavy (non-hydrogen) atoms. The summed E-state index contributed by atoms with van der Waals surface area (Å²) in [5.74, 6) is -0.233. The number of aliphatic imine (C=N–C) groups is 1. The highest BCUT2D eigenvalue weighted by Crippen LogP contribution is 2.49. The van der Waals surface area contributed by atoms with E-state index < -0.39 is 0 Å². The first-order chi connectivity index (χ1) is 9.64. The van der Waals surface area contributed by atoms with Gasteiger partial charge in [-0.05, 0) is 31.2 Å². The lowest BCUT2D eigenvalue weighted by Crippen LogP contribution is -2.19. The number of nitrogens with zero attached hydrogens (tertiary/aromatic N) is 1. The van der Waals surface area contributed by atoms with Crippen LogP contribution in [0.15, 0.2) is 46.6 Å². The second-order valence-corrected chi connectivity index (χ2v) is 5.80. The van der Waals surface area contributed by atoms with Gasteiger partial charge in [0.05, 0.1) is 24.1 Å². The van der Waals surface area contributed by atoms with E-state index in [4.69, 9.17) is 9.73 Å². The van der Waals surface area contributed by atoms with E-state index >= 15 is 0 Å². The van der Waals surface area contributed by atoms with Gasteiger partial charge in [-0.25, -0.2) is 4.79 Å². The molecule has 3 nitrogen and oxygen atoms in total. The van der Waals surface area contributed by atoms with E-state index in [1.54, 1.807) is 0 Å². The van der Waals surface area contributed by atoms with Gasteiger partial charge in [0.1, 0.15) is 0 Å². The van der Waals surface area contributed by atoms with Crippen LogP contribution in [0.4, 0.5) is 0 Å². The third-order valence-corrected chi connectivity index (χ3v) is 4.26. The third-order valence-electron chi connectivity index (χ3n) is 4.26. The summed E-state index contributed by atoms with van der Waals surface area (Å²) in [4.78, 5) is 16.5. The maximum Gasteiger partial charge on any atom is 0.335 e. The SMILES string of the molecule is COC(=O)C1=C(N=C(c2ccccc2)C2(C)CC2)CC1. The molecular weight excluding hydrogens is 250 g/mol. The Kier molecular flexibility index (Phi) is 3.20. The molecule has 0 aromatic heterocycles. The molecule has 1 aromatic rings. The molecule has 2 aliphatic rings. The molecule has 1 aromatic carbocycles. The summed E-state index contributed by atoms with van der Waals surface area (Å²) in [7, 11) is 1.43. The molecule has 0 bridgehead atoms. The number of carbonyl (C=O) groups excluding carboxylic acids is 1. The van der Waals surface area contributed by atoms with Crippen LogP contribution in [0, 0.1) is 5.41 Å². The Hall–Kier alpha value is -1.90. The number of methoxy groups -OCH3 is 1. The summed E-state index contributed by atoms with van der Waals surface area (Å²) < 4.78 is 4.81. The van der Waals surface area contributed by atoms with Crippen LogP contribution in [0.3, 0.4) is 0 Å². The highest BCUT2D eigenvalue weighted by Gasteiger charge is 2.43. The Labute approximate surface area is 119 Å². The van der Waals surface area contributed by atoms with Crippen LogP contribution in [-0.2, 0) is 9.53 Å². The van der Waals surface area contributed by atoms with Gasteiger partial charge >= 0.3 is 5.97 Å². The molecule has 0 heterocycles. The fourth-order valence-electron chi connectivity index (χ4n) is 2.53. The summed E-state index contributed by atoms with van der Waals surface area (Å²) in [6.07, 6.45) is 3.99. The topological polar surface area (TPSA) is 38.7 Å². The van der Waals surface area contributed by atoms with Crippen molar-refractivity contribution in [3.05, 3.63) is 47.2 Å². The van der Waals surface area contributed by atoms with Crippen molar-refractivity contribution in [1.82, 2.24) is 0 Å². The normalized spacial score (nSPS) is 20.4. The van der Waals surface area contributed by atoms with Crippen LogP contribution in [0.5, 0.6) is 0 Å². The van der Waals surface area contributed by atoms with E-state index in [0.29, 0.717) is 0 Å². The quantitative estimate of drug-likeness (QED) is 0.620. The highest BCUT2D eigenvalue weighted by molar-refractivity contribution is 6.07. The van der Waals surface area contributed by atoms with Crippen molar-refractivity contribution in [3.63, 3.8) is 0 Å². The Morgan fingerprint density at radius 2 is 1.90 bits per heavy atom. The van der Waals surface area contributed by atoms with Crippen molar-refractivity contribution in [3.8, 4) is 0 Å². The number of ether oxygens (including phenoxy) is 1. The van der Waals surface area contributed by atoms with Crippen molar-refractivity contribution >= 4 is 11.7 Å². The molecule has 1 saturated carbocycles. The van der Waals surface area contributed by atoms with Crippen molar-refractivity contribution in [2.45, 2.75) is 32.6 Å². The van der Waals surface area contributed by atoms with Gasteiger partial charge in [0.2, 0.25) is 0 Å². The first-order valence-corrected chi connectivity index (χ1v) is 7.09. The molecule has 2 aliphatic carbocycles. The fourth-order valence-corrected chi connectivity index (χ4v) is 2.53. The molecule has 0 aliphatic heterocycles. The van der Waals surface area contributed by atoms with Gasteiger partial charge in [-0.2, -0.15) is 0 Å². The fraction of sp³-hybridized carbons (Fsp3) is 0.412. The zero-order valence-corrected chi connectivity index (χ0v) is 12.0. The Morgan fingerprint density at radius 3 is 2.40 bits per heavy atom. The number of allylic oxidation sites excluding steroid dienone is 1. The van der Waals surface area contributed by atoms with Gasteiger partial charge in [-0.3, -0.25) is 4.99 Å². The molecule has 0 radical (unpaired) electrons. The first-order valence-electron chi connectivity index (χ1n) is 7.09. The third kappa shape index (κ3) is 2.28. The molecule has 104 valence electrons. The number of hydrogen-bond acceptors (Lipinski definition) is 3. The van der Waals surface area contributed by atoms with Crippen LogP contribution in [0.1, 0.15) is 38.2 Å². The van der Waals surface area contributed by atoms with Crippen molar-refractivity contribution in [2.75, 3.05) is 7.11 Å². The Balaban J connectivity index is 1.99. The van der Waals surface area contributed by atoms with E-state index in [9.17, 15) is 4.79 Å². The minimum atomic E-state index is -0.233. The summed E-state index contributed by atoms with van der Waals surface area (Å²) in [6, 6.07) is 10.3. The largest absolute Gasteiger partial charge is 0.466 e. The zero-order valence-electron chi connectivity index (χ0n) is 12.0. The van der Waals surface area contributed by atoms with E-state index in [-0.39, 0.29) is 11.4 Å². The monoisotopic (exact) mass is 269 g/mol. The van der Waals surface area contributed by atoms with Gasteiger partial charge in [0, 0.05) is 5.41 Å². The number of esters is 1. The van der Waals surface area contributed by atoms with Gasteiger partial charge in [-0.15, -0.1) is 0 Å². The second-order valence-electron chi connectivity index (χ2n) is 5.80. The lowest BCUT2D eigenvalue weighted by Gasteiger charge is -2.21. The Bertz CT molecular complexity index is 595. The maximum atomic E-state index is 11.6. The second kappa shape index (κ2) is 4.89. The van der Waals surface area contributed by atoms with Crippen LogP contribution < -0.4 is 0 Å².